The van der Waals surface area contributed by atoms with E-state index < -0.39 is 15.8 Å². The lowest BCUT2D eigenvalue weighted by Crippen LogP contribution is -2.15. The second-order valence-corrected chi connectivity index (χ2v) is 6.82. The molecule has 0 heterocycles. The van der Waals surface area contributed by atoms with Crippen LogP contribution in [0.3, 0.4) is 0 Å². The van der Waals surface area contributed by atoms with E-state index >= 15 is 0 Å². The van der Waals surface area contributed by atoms with E-state index in [0.717, 1.165) is 6.07 Å². The van der Waals surface area contributed by atoms with Gasteiger partial charge in [-0.05, 0) is 42.8 Å². The summed E-state index contributed by atoms with van der Waals surface area (Å²) < 4.78 is 40.8. The molecule has 0 fully saturated rings. The number of nitrogens with one attached hydrogen (secondary N) is 1. The number of rotatable bonds is 3. The number of aryl methyl sites for hydroxylation is 1. The molecule has 0 saturated heterocycles. The van der Waals surface area contributed by atoms with Gasteiger partial charge in [0.2, 0.25) is 0 Å². The molecule has 2 rings (SSSR count). The average molecular weight is 359 g/mol. The molecule has 0 unspecified atom stereocenters. The maximum atomic E-state index is 13.4. The third kappa shape index (κ3) is 3.10. The highest BCUT2D eigenvalue weighted by Crippen LogP contribution is 2.25. The van der Waals surface area contributed by atoms with Gasteiger partial charge in [-0.25, -0.2) is 12.8 Å². The molecule has 0 aliphatic heterocycles. The third-order valence-electron chi connectivity index (χ3n) is 2.69. The summed E-state index contributed by atoms with van der Waals surface area (Å²) in [5.74, 6) is -0.478. The van der Waals surface area contributed by atoms with Crippen molar-refractivity contribution in [3.05, 3.63) is 52.3 Å². The van der Waals surface area contributed by atoms with E-state index in [1.54, 1.807) is 13.0 Å². The van der Waals surface area contributed by atoms with E-state index in [9.17, 15) is 12.8 Å². The summed E-state index contributed by atoms with van der Waals surface area (Å²) in [6, 6.07) is 8.56. The Morgan fingerprint density at radius 2 is 1.90 bits per heavy atom. The molecular formula is C13H12BrFN2O2S. The number of hydrogen-bond acceptors (Lipinski definition) is 3. The molecule has 3 N–H and O–H groups in total. The summed E-state index contributed by atoms with van der Waals surface area (Å²) in [5, 5.41) is 0. The van der Waals surface area contributed by atoms with Crippen molar-refractivity contribution in [1.82, 2.24) is 0 Å². The van der Waals surface area contributed by atoms with Crippen LogP contribution >= 0.6 is 15.9 Å². The zero-order valence-electron chi connectivity index (χ0n) is 10.5. The van der Waals surface area contributed by atoms with E-state index in [0.29, 0.717) is 10.0 Å². The summed E-state index contributed by atoms with van der Waals surface area (Å²) in [5.41, 5.74) is 6.39. The quantitative estimate of drug-likeness (QED) is 0.827. The Bertz CT molecular complexity index is 763. The lowest BCUT2D eigenvalue weighted by Gasteiger charge is -2.11. The van der Waals surface area contributed by atoms with Gasteiger partial charge in [-0.15, -0.1) is 0 Å². The van der Waals surface area contributed by atoms with Gasteiger partial charge < -0.3 is 5.73 Å². The maximum absolute atomic E-state index is 13.4. The van der Waals surface area contributed by atoms with Crippen molar-refractivity contribution in [3.8, 4) is 0 Å². The predicted octanol–water partition coefficient (Wildman–Crippen LogP) is 3.28. The summed E-state index contributed by atoms with van der Waals surface area (Å²) in [6.07, 6.45) is 0. The highest BCUT2D eigenvalue weighted by atomic mass is 79.9. The Morgan fingerprint density at radius 1 is 1.20 bits per heavy atom. The Hall–Kier alpha value is -1.60. The van der Waals surface area contributed by atoms with Gasteiger partial charge in [-0.3, -0.25) is 4.72 Å². The monoisotopic (exact) mass is 358 g/mol. The van der Waals surface area contributed by atoms with Crippen LogP contribution in [0.25, 0.3) is 0 Å². The Labute approximate surface area is 125 Å². The maximum Gasteiger partial charge on any atom is 0.263 e. The van der Waals surface area contributed by atoms with Crippen molar-refractivity contribution in [2.24, 2.45) is 0 Å². The van der Waals surface area contributed by atoms with Crippen molar-refractivity contribution in [1.29, 1.82) is 0 Å². The number of halogens is 2. The second kappa shape index (κ2) is 5.41. The standard InChI is InChI=1S/C13H12BrFN2O2S/c1-8-2-4-10(7-11(8)15)17-20(18,19)13-5-3-9(14)6-12(13)16/h2-7,17H,16H2,1H3. The summed E-state index contributed by atoms with van der Waals surface area (Å²) in [4.78, 5) is -0.0540. The Balaban J connectivity index is 2.38. The van der Waals surface area contributed by atoms with Crippen LogP contribution < -0.4 is 10.5 Å². The van der Waals surface area contributed by atoms with E-state index in [4.69, 9.17) is 5.73 Å². The topological polar surface area (TPSA) is 72.2 Å². The smallest absolute Gasteiger partial charge is 0.263 e. The van der Waals surface area contributed by atoms with Crippen molar-refractivity contribution in [3.63, 3.8) is 0 Å². The minimum absolute atomic E-state index is 0.0540. The fraction of sp³-hybridized carbons (Fsp3) is 0.0769. The zero-order valence-corrected chi connectivity index (χ0v) is 12.9. The van der Waals surface area contributed by atoms with E-state index in [-0.39, 0.29) is 16.3 Å². The number of nitrogen functional groups attached to an aromatic ring is 1. The molecule has 0 spiro atoms. The molecule has 0 bridgehead atoms. The van der Waals surface area contributed by atoms with Gasteiger partial charge in [0, 0.05) is 4.47 Å². The van der Waals surface area contributed by atoms with Crippen LogP contribution in [0.4, 0.5) is 15.8 Å². The van der Waals surface area contributed by atoms with Gasteiger partial charge in [0.25, 0.3) is 10.0 Å². The summed E-state index contributed by atoms with van der Waals surface area (Å²) in [6.45, 7) is 1.60. The lowest BCUT2D eigenvalue weighted by molar-refractivity contribution is 0.601. The predicted molar refractivity (Wildman–Crippen MR) is 80.5 cm³/mol. The van der Waals surface area contributed by atoms with Crippen molar-refractivity contribution >= 4 is 37.3 Å². The molecule has 7 heteroatoms. The minimum atomic E-state index is -3.85. The van der Waals surface area contributed by atoms with E-state index in [1.165, 1.54) is 24.3 Å². The SMILES string of the molecule is Cc1ccc(NS(=O)(=O)c2ccc(Br)cc2N)cc1F. The minimum Gasteiger partial charge on any atom is -0.398 e. The van der Waals surface area contributed by atoms with Crippen LogP contribution in [-0.2, 0) is 10.0 Å². The molecule has 0 atom stereocenters. The molecule has 106 valence electrons. The third-order valence-corrected chi connectivity index (χ3v) is 4.63. The summed E-state index contributed by atoms with van der Waals surface area (Å²) >= 11 is 3.20. The normalized spacial score (nSPS) is 11.3. The van der Waals surface area contributed by atoms with Crippen LogP contribution in [0.2, 0.25) is 0 Å². The molecule has 0 aromatic heterocycles. The summed E-state index contributed by atoms with van der Waals surface area (Å²) in [7, 11) is -3.85. The first kappa shape index (κ1) is 14.8. The van der Waals surface area contributed by atoms with E-state index in [2.05, 4.69) is 20.7 Å². The number of sulfonamides is 1. The lowest BCUT2D eigenvalue weighted by atomic mass is 10.2. The molecule has 0 aliphatic carbocycles. The van der Waals surface area contributed by atoms with Crippen LogP contribution in [0.1, 0.15) is 5.56 Å². The van der Waals surface area contributed by atoms with Crippen molar-refractivity contribution in [2.75, 3.05) is 10.5 Å². The highest BCUT2D eigenvalue weighted by molar-refractivity contribution is 9.10. The molecule has 2 aromatic rings. The largest absolute Gasteiger partial charge is 0.398 e. The molecule has 20 heavy (non-hydrogen) atoms. The van der Waals surface area contributed by atoms with Gasteiger partial charge in [-0.2, -0.15) is 0 Å². The van der Waals surface area contributed by atoms with Crippen molar-refractivity contribution in [2.45, 2.75) is 11.8 Å². The molecule has 2 aromatic carbocycles. The fourth-order valence-electron chi connectivity index (χ4n) is 1.63. The first-order valence-electron chi connectivity index (χ1n) is 5.63. The molecule has 0 aliphatic rings. The van der Waals surface area contributed by atoms with Gasteiger partial charge in [0.15, 0.2) is 0 Å². The molecule has 4 nitrogen and oxygen atoms in total. The van der Waals surface area contributed by atoms with Crippen LogP contribution in [0.15, 0.2) is 45.8 Å². The van der Waals surface area contributed by atoms with Crippen LogP contribution in [-0.4, -0.2) is 8.42 Å². The number of anilines is 2. The number of hydrogen-bond donors (Lipinski definition) is 2. The average Bonchev–Trinajstić information content (AvgIpc) is 2.33. The van der Waals surface area contributed by atoms with E-state index in [1.807, 2.05) is 0 Å². The first-order chi connectivity index (χ1) is 9.29. The Kier molecular flexibility index (Phi) is 4.01. The van der Waals surface area contributed by atoms with Gasteiger partial charge in [0.1, 0.15) is 10.7 Å². The molecular weight excluding hydrogens is 347 g/mol. The number of benzene rings is 2. The fourth-order valence-corrected chi connectivity index (χ4v) is 3.17. The highest BCUT2D eigenvalue weighted by Gasteiger charge is 2.18. The Morgan fingerprint density at radius 3 is 2.50 bits per heavy atom. The van der Waals surface area contributed by atoms with Gasteiger partial charge in [0.05, 0.1) is 11.4 Å². The van der Waals surface area contributed by atoms with Crippen LogP contribution in [0, 0.1) is 12.7 Å². The molecule has 0 amide bonds. The van der Waals surface area contributed by atoms with Gasteiger partial charge >= 0.3 is 0 Å². The zero-order chi connectivity index (χ0) is 14.9. The van der Waals surface area contributed by atoms with Gasteiger partial charge in [-0.1, -0.05) is 22.0 Å². The van der Waals surface area contributed by atoms with Crippen molar-refractivity contribution < 1.29 is 12.8 Å². The second-order valence-electron chi connectivity index (χ2n) is 4.25. The first-order valence-corrected chi connectivity index (χ1v) is 7.91. The van der Waals surface area contributed by atoms with Crippen LogP contribution in [0.5, 0.6) is 0 Å². The number of nitrogens with two attached hydrogens (primary N) is 1. The molecule has 0 saturated carbocycles. The molecule has 0 radical (unpaired) electrons.